The van der Waals surface area contributed by atoms with Crippen LogP contribution in [0.2, 0.25) is 0 Å². The Balaban J connectivity index is 1.73. The van der Waals surface area contributed by atoms with Crippen molar-refractivity contribution in [3.05, 3.63) is 21.8 Å². The van der Waals surface area contributed by atoms with E-state index in [0.717, 1.165) is 41.9 Å². The number of nitrogens with one attached hydrogen (secondary N) is 2. The van der Waals surface area contributed by atoms with Crippen molar-refractivity contribution in [2.45, 2.75) is 44.0 Å². The van der Waals surface area contributed by atoms with Crippen LogP contribution in [0, 0.1) is 0 Å². The minimum atomic E-state index is -1.31. The van der Waals surface area contributed by atoms with E-state index in [2.05, 4.69) is 27.7 Å². The number of thioether (sulfide) groups is 1. The quantitative estimate of drug-likeness (QED) is 0.126. The summed E-state index contributed by atoms with van der Waals surface area (Å²) in [5.41, 5.74) is -0.256. The summed E-state index contributed by atoms with van der Waals surface area (Å²) in [5, 5.41) is 19.6. The van der Waals surface area contributed by atoms with E-state index < -0.39 is 29.2 Å². The molecule has 0 spiro atoms. The van der Waals surface area contributed by atoms with E-state index in [1.165, 1.54) is 17.1 Å². The highest BCUT2D eigenvalue weighted by atomic mass is 35.5. The summed E-state index contributed by atoms with van der Waals surface area (Å²) < 4.78 is 0. The van der Waals surface area contributed by atoms with Gasteiger partial charge < -0.3 is 20.6 Å². The average molecular weight is 516 g/mol. The van der Waals surface area contributed by atoms with Gasteiger partial charge in [-0.1, -0.05) is 36.5 Å². The summed E-state index contributed by atoms with van der Waals surface area (Å²) in [6.07, 6.45) is 4.32. The molecule has 0 radical (unpaired) electrons. The van der Waals surface area contributed by atoms with Crippen LogP contribution in [-0.4, -0.2) is 68.7 Å². The zero-order chi connectivity index (χ0) is 24.0. The zero-order valence-corrected chi connectivity index (χ0v) is 20.0. The van der Waals surface area contributed by atoms with Crippen LogP contribution in [0.4, 0.5) is 5.13 Å². The third kappa shape index (κ3) is 5.65. The SMILES string of the molecule is CCCCCCON=C(C(=O)NC1C(=O)N2C(C(=O)O)=C(Cl)CS[C@H]12)c1csc(NC=O)n1. The highest BCUT2D eigenvalue weighted by Gasteiger charge is 2.54. The number of carbonyl (C=O) groups is 4. The first-order valence-electron chi connectivity index (χ1n) is 10.1. The number of carboxylic acids is 1. The molecule has 2 aliphatic rings. The highest BCUT2D eigenvalue weighted by molar-refractivity contribution is 8.00. The minimum Gasteiger partial charge on any atom is -0.477 e. The van der Waals surface area contributed by atoms with E-state index in [9.17, 15) is 24.3 Å². The molecule has 2 atom stereocenters. The van der Waals surface area contributed by atoms with Gasteiger partial charge in [0.1, 0.15) is 29.4 Å². The molecule has 3 rings (SSSR count). The molecule has 1 unspecified atom stereocenters. The van der Waals surface area contributed by atoms with E-state index in [-0.39, 0.29) is 33.0 Å². The van der Waals surface area contributed by atoms with Crippen molar-refractivity contribution >= 4 is 69.7 Å². The molecule has 11 nitrogen and oxygen atoms in total. The van der Waals surface area contributed by atoms with Gasteiger partial charge >= 0.3 is 5.97 Å². The number of aliphatic carboxylic acids is 1. The number of fused-ring (bicyclic) bond motifs is 1. The Kier molecular flexibility index (Phi) is 8.69. The first-order valence-corrected chi connectivity index (χ1v) is 12.4. The molecule has 178 valence electrons. The summed E-state index contributed by atoms with van der Waals surface area (Å²) in [6.45, 7) is 2.39. The van der Waals surface area contributed by atoms with Gasteiger partial charge in [0, 0.05) is 11.1 Å². The molecule has 2 aliphatic heterocycles. The van der Waals surface area contributed by atoms with E-state index in [4.69, 9.17) is 16.4 Å². The molecule has 3 N–H and O–H groups in total. The van der Waals surface area contributed by atoms with Gasteiger partial charge in [0.15, 0.2) is 10.8 Å². The Morgan fingerprint density at radius 3 is 2.91 bits per heavy atom. The molecule has 0 bridgehead atoms. The molecule has 1 aromatic heterocycles. The smallest absolute Gasteiger partial charge is 0.353 e. The largest absolute Gasteiger partial charge is 0.477 e. The molecule has 3 heterocycles. The summed E-state index contributed by atoms with van der Waals surface area (Å²) in [5.74, 6) is -2.39. The van der Waals surface area contributed by atoms with Crippen molar-refractivity contribution in [2.75, 3.05) is 17.7 Å². The van der Waals surface area contributed by atoms with E-state index in [1.54, 1.807) is 0 Å². The Hall–Kier alpha value is -2.64. The van der Waals surface area contributed by atoms with Crippen LogP contribution in [0.1, 0.15) is 38.3 Å². The molecular weight excluding hydrogens is 494 g/mol. The molecule has 0 aliphatic carbocycles. The number of hydrogen-bond donors (Lipinski definition) is 3. The summed E-state index contributed by atoms with van der Waals surface area (Å²) in [6, 6.07) is -0.956. The van der Waals surface area contributed by atoms with Crippen LogP contribution in [0.25, 0.3) is 0 Å². The van der Waals surface area contributed by atoms with Crippen LogP contribution in [0.15, 0.2) is 21.3 Å². The average Bonchev–Trinajstić information content (AvgIpc) is 3.24. The van der Waals surface area contributed by atoms with E-state index in [1.807, 2.05) is 0 Å². The molecule has 14 heteroatoms. The van der Waals surface area contributed by atoms with Crippen LogP contribution in [-0.2, 0) is 24.0 Å². The number of carboxylic acid groups (broad SMARTS) is 1. The van der Waals surface area contributed by atoms with Gasteiger partial charge in [-0.2, -0.15) is 0 Å². The summed E-state index contributed by atoms with van der Waals surface area (Å²) in [7, 11) is 0. The lowest BCUT2D eigenvalue weighted by Crippen LogP contribution is -2.71. The van der Waals surface area contributed by atoms with Crippen molar-refractivity contribution in [2.24, 2.45) is 5.16 Å². The van der Waals surface area contributed by atoms with Crippen molar-refractivity contribution in [3.8, 4) is 0 Å². The lowest BCUT2D eigenvalue weighted by Gasteiger charge is -2.48. The third-order valence-electron chi connectivity index (χ3n) is 4.80. The van der Waals surface area contributed by atoms with Crippen LogP contribution < -0.4 is 10.6 Å². The Morgan fingerprint density at radius 2 is 2.21 bits per heavy atom. The summed E-state index contributed by atoms with van der Waals surface area (Å²) >= 11 is 8.32. The monoisotopic (exact) mass is 515 g/mol. The molecule has 0 saturated carbocycles. The zero-order valence-electron chi connectivity index (χ0n) is 17.6. The predicted molar refractivity (Wildman–Crippen MR) is 124 cm³/mol. The maximum atomic E-state index is 13.0. The number of amides is 3. The van der Waals surface area contributed by atoms with Gasteiger partial charge in [0.05, 0.1) is 5.03 Å². The second-order valence-electron chi connectivity index (χ2n) is 7.05. The number of carbonyl (C=O) groups excluding carboxylic acids is 3. The lowest BCUT2D eigenvalue weighted by molar-refractivity contribution is -0.150. The van der Waals surface area contributed by atoms with Gasteiger partial charge in [-0.3, -0.25) is 19.3 Å². The van der Waals surface area contributed by atoms with Gasteiger partial charge in [-0.25, -0.2) is 9.78 Å². The van der Waals surface area contributed by atoms with Crippen molar-refractivity contribution in [1.29, 1.82) is 0 Å². The van der Waals surface area contributed by atoms with E-state index >= 15 is 0 Å². The van der Waals surface area contributed by atoms with E-state index in [0.29, 0.717) is 13.0 Å². The molecule has 1 aromatic rings. The second-order valence-corrected chi connectivity index (χ2v) is 9.47. The standard InChI is InChI=1S/C19H22ClN5O6S2/c1-2-3-4-5-6-31-24-12(11-8-33-19(22-11)21-9-26)15(27)23-13-16(28)25-14(18(29)30)10(20)7-32-17(13)25/h8-9,13,17H,2-7H2,1H3,(H,23,27)(H,29,30)(H,21,22,26)/t13?,17-/m1/s1. The normalized spacial score (nSPS) is 20.1. The molecule has 1 fully saturated rings. The number of anilines is 1. The number of β-lactam (4-membered cyclic amide) rings is 1. The fraction of sp³-hybridized carbons (Fsp3) is 0.474. The van der Waals surface area contributed by atoms with Crippen LogP contribution in [0.5, 0.6) is 0 Å². The van der Waals surface area contributed by atoms with Crippen molar-refractivity contribution in [3.63, 3.8) is 0 Å². The Morgan fingerprint density at radius 1 is 1.42 bits per heavy atom. The maximum Gasteiger partial charge on any atom is 0.353 e. The fourth-order valence-corrected chi connectivity index (χ4v) is 5.40. The number of oxime groups is 1. The van der Waals surface area contributed by atoms with Gasteiger partial charge in [0.2, 0.25) is 6.41 Å². The number of nitrogens with zero attached hydrogens (tertiary/aromatic N) is 3. The maximum absolute atomic E-state index is 13.0. The third-order valence-corrected chi connectivity index (χ3v) is 7.32. The Bertz CT molecular complexity index is 997. The van der Waals surface area contributed by atoms with Crippen molar-refractivity contribution < 1.29 is 29.1 Å². The first kappa shape index (κ1) is 25.0. The molecular formula is C19H22ClN5O6S2. The van der Waals surface area contributed by atoms with Crippen molar-refractivity contribution in [1.82, 2.24) is 15.2 Å². The summed E-state index contributed by atoms with van der Waals surface area (Å²) in [4.78, 5) is 58.3. The minimum absolute atomic E-state index is 0.0679. The number of hydrogen-bond acceptors (Lipinski definition) is 9. The lowest BCUT2D eigenvalue weighted by atomic mass is 10.0. The number of thiazole rings is 1. The molecule has 33 heavy (non-hydrogen) atoms. The number of rotatable bonds is 12. The predicted octanol–water partition coefficient (Wildman–Crippen LogP) is 1.95. The molecule has 0 aromatic carbocycles. The number of unbranched alkanes of at least 4 members (excludes halogenated alkanes) is 3. The van der Waals surface area contributed by atoms with Crippen LogP contribution >= 0.6 is 34.7 Å². The van der Waals surface area contributed by atoms with Gasteiger partial charge in [0.25, 0.3) is 11.8 Å². The van der Waals surface area contributed by atoms with Gasteiger partial charge in [-0.05, 0) is 12.8 Å². The number of aromatic nitrogens is 1. The Labute approximate surface area is 202 Å². The second kappa shape index (κ2) is 11.5. The number of halogens is 1. The van der Waals surface area contributed by atoms with Crippen LogP contribution in [0.3, 0.4) is 0 Å². The fourth-order valence-electron chi connectivity index (χ4n) is 3.20. The topological polar surface area (TPSA) is 150 Å². The molecule has 3 amide bonds. The van der Waals surface area contributed by atoms with Gasteiger partial charge in [-0.15, -0.1) is 23.1 Å². The molecule has 1 saturated heterocycles. The first-order chi connectivity index (χ1) is 15.9. The highest BCUT2D eigenvalue weighted by Crippen LogP contribution is 2.41.